The van der Waals surface area contributed by atoms with Gasteiger partial charge in [0.25, 0.3) is 0 Å². The van der Waals surface area contributed by atoms with Crippen LogP contribution < -0.4 is 0 Å². The molecule has 2 nitrogen and oxygen atoms in total. The Morgan fingerprint density at radius 2 is 2.44 bits per heavy atom. The monoisotopic (exact) mass is 148 g/mol. The lowest BCUT2D eigenvalue weighted by Gasteiger charge is -2.25. The van der Waals surface area contributed by atoms with Crippen LogP contribution in [0.1, 0.15) is 6.92 Å². The van der Waals surface area contributed by atoms with Crippen LogP contribution >= 0.6 is 11.8 Å². The predicted molar refractivity (Wildman–Crippen MR) is 38.7 cm³/mol. The topological polar surface area (TPSA) is 29.5 Å². The van der Waals surface area contributed by atoms with Gasteiger partial charge in [0.2, 0.25) is 0 Å². The summed E-state index contributed by atoms with van der Waals surface area (Å²) in [4.78, 5) is 0. The Morgan fingerprint density at radius 1 is 1.67 bits per heavy atom. The van der Waals surface area contributed by atoms with Crippen LogP contribution in [0.5, 0.6) is 0 Å². The SMILES string of the molecule is C[C@@H]1CSC[C@H](CO)O1. The van der Waals surface area contributed by atoms with Crippen LogP contribution in [-0.2, 0) is 4.74 Å². The molecule has 0 aromatic carbocycles. The van der Waals surface area contributed by atoms with Gasteiger partial charge in [-0.1, -0.05) is 0 Å². The van der Waals surface area contributed by atoms with Crippen LogP contribution in [0.4, 0.5) is 0 Å². The van der Waals surface area contributed by atoms with Crippen LogP contribution in [0.25, 0.3) is 0 Å². The molecule has 1 heterocycles. The summed E-state index contributed by atoms with van der Waals surface area (Å²) in [6.07, 6.45) is 0.402. The molecule has 1 aliphatic rings. The first kappa shape index (κ1) is 7.38. The number of hydrogen-bond donors (Lipinski definition) is 1. The zero-order valence-corrected chi connectivity index (χ0v) is 6.36. The third-order valence-corrected chi connectivity index (χ3v) is 2.60. The number of ether oxygens (including phenoxy) is 1. The number of thioether (sulfide) groups is 1. The summed E-state index contributed by atoms with van der Waals surface area (Å²) in [6.45, 7) is 2.20. The maximum absolute atomic E-state index is 8.67. The highest BCUT2D eigenvalue weighted by Gasteiger charge is 2.17. The van der Waals surface area contributed by atoms with Gasteiger partial charge in [0.05, 0.1) is 18.8 Å². The minimum absolute atomic E-state index is 0.0822. The van der Waals surface area contributed by atoms with Crippen molar-refractivity contribution in [1.82, 2.24) is 0 Å². The molecule has 0 aromatic heterocycles. The van der Waals surface area contributed by atoms with E-state index in [1.807, 2.05) is 18.7 Å². The van der Waals surface area contributed by atoms with Gasteiger partial charge in [-0.15, -0.1) is 0 Å². The Hall–Kier alpha value is 0.270. The van der Waals surface area contributed by atoms with Crippen LogP contribution in [0.15, 0.2) is 0 Å². The van der Waals surface area contributed by atoms with E-state index >= 15 is 0 Å². The highest BCUT2D eigenvalue weighted by atomic mass is 32.2. The van der Waals surface area contributed by atoms with Gasteiger partial charge in [-0.2, -0.15) is 11.8 Å². The third kappa shape index (κ3) is 2.16. The summed E-state index contributed by atoms with van der Waals surface area (Å²) >= 11 is 1.85. The molecule has 1 fully saturated rings. The summed E-state index contributed by atoms with van der Waals surface area (Å²) in [6, 6.07) is 0. The molecule has 0 amide bonds. The first-order valence-corrected chi connectivity index (χ1v) is 4.32. The number of rotatable bonds is 1. The van der Waals surface area contributed by atoms with Crippen molar-refractivity contribution in [3.05, 3.63) is 0 Å². The second-order valence-electron chi connectivity index (χ2n) is 2.29. The quantitative estimate of drug-likeness (QED) is 0.587. The molecule has 0 aromatic rings. The van der Waals surface area contributed by atoms with E-state index in [0.717, 1.165) is 11.5 Å². The molecule has 0 unspecified atom stereocenters. The molecular formula is C6H12O2S. The standard InChI is InChI=1S/C6H12O2S/c1-5-3-9-4-6(2-7)8-5/h5-7H,2-4H2,1H3/t5-,6+/m1/s1. The second kappa shape index (κ2) is 3.44. The molecule has 0 saturated carbocycles. The molecule has 2 atom stereocenters. The molecule has 3 heteroatoms. The summed E-state index contributed by atoms with van der Waals surface area (Å²) in [7, 11) is 0. The number of hydrogen-bond acceptors (Lipinski definition) is 3. The first-order chi connectivity index (χ1) is 4.33. The van der Waals surface area contributed by atoms with Crippen molar-refractivity contribution in [2.45, 2.75) is 19.1 Å². The maximum Gasteiger partial charge on any atom is 0.0899 e. The molecule has 0 bridgehead atoms. The van der Waals surface area contributed by atoms with Crippen molar-refractivity contribution >= 4 is 11.8 Å². The molecular weight excluding hydrogens is 136 g/mol. The van der Waals surface area contributed by atoms with E-state index in [-0.39, 0.29) is 12.7 Å². The Bertz CT molecular complexity index is 87.1. The first-order valence-electron chi connectivity index (χ1n) is 3.17. The second-order valence-corrected chi connectivity index (χ2v) is 3.36. The van der Waals surface area contributed by atoms with E-state index < -0.39 is 0 Å². The average molecular weight is 148 g/mol. The van der Waals surface area contributed by atoms with Crippen LogP contribution in [-0.4, -0.2) is 35.4 Å². The van der Waals surface area contributed by atoms with Gasteiger partial charge in [-0.3, -0.25) is 0 Å². The van der Waals surface area contributed by atoms with E-state index in [9.17, 15) is 0 Å². The van der Waals surface area contributed by atoms with Gasteiger partial charge in [-0.05, 0) is 6.92 Å². The molecule has 0 radical (unpaired) electrons. The minimum Gasteiger partial charge on any atom is -0.394 e. The Labute approximate surface area is 59.6 Å². The van der Waals surface area contributed by atoms with E-state index in [1.54, 1.807) is 0 Å². The summed E-state index contributed by atoms with van der Waals surface area (Å²) < 4.78 is 5.36. The van der Waals surface area contributed by atoms with Gasteiger partial charge in [0, 0.05) is 11.5 Å². The molecule has 0 aliphatic carbocycles. The molecule has 9 heavy (non-hydrogen) atoms. The highest BCUT2D eigenvalue weighted by Crippen LogP contribution is 2.16. The molecule has 1 saturated heterocycles. The van der Waals surface area contributed by atoms with Crippen LogP contribution in [0, 0.1) is 0 Å². The van der Waals surface area contributed by atoms with Gasteiger partial charge in [-0.25, -0.2) is 0 Å². The van der Waals surface area contributed by atoms with Crippen molar-refractivity contribution < 1.29 is 9.84 Å². The van der Waals surface area contributed by atoms with Crippen molar-refractivity contribution in [2.75, 3.05) is 18.1 Å². The zero-order valence-electron chi connectivity index (χ0n) is 5.54. The Kier molecular flexibility index (Phi) is 2.82. The number of aliphatic hydroxyl groups excluding tert-OH is 1. The maximum atomic E-state index is 8.67. The number of aliphatic hydroxyl groups is 1. The third-order valence-electron chi connectivity index (χ3n) is 1.28. The van der Waals surface area contributed by atoms with E-state index in [2.05, 4.69) is 0 Å². The van der Waals surface area contributed by atoms with Crippen molar-refractivity contribution in [2.24, 2.45) is 0 Å². The molecule has 1 rings (SSSR count). The smallest absolute Gasteiger partial charge is 0.0899 e. The van der Waals surface area contributed by atoms with Crippen LogP contribution in [0.2, 0.25) is 0 Å². The van der Waals surface area contributed by atoms with Gasteiger partial charge in [0.15, 0.2) is 0 Å². The van der Waals surface area contributed by atoms with Gasteiger partial charge >= 0.3 is 0 Å². The van der Waals surface area contributed by atoms with Crippen molar-refractivity contribution in [3.63, 3.8) is 0 Å². The average Bonchev–Trinajstić information content (AvgIpc) is 1.88. The summed E-state index contributed by atoms with van der Waals surface area (Å²) in [5, 5.41) is 8.67. The normalized spacial score (nSPS) is 36.7. The van der Waals surface area contributed by atoms with E-state index in [1.165, 1.54) is 0 Å². The fourth-order valence-electron chi connectivity index (χ4n) is 0.868. The van der Waals surface area contributed by atoms with E-state index in [4.69, 9.17) is 9.84 Å². The van der Waals surface area contributed by atoms with Gasteiger partial charge in [0.1, 0.15) is 0 Å². The fraction of sp³-hybridized carbons (Fsp3) is 1.00. The lowest BCUT2D eigenvalue weighted by Crippen LogP contribution is -2.31. The molecule has 1 aliphatic heterocycles. The molecule has 54 valence electrons. The zero-order chi connectivity index (χ0) is 6.69. The largest absolute Gasteiger partial charge is 0.394 e. The van der Waals surface area contributed by atoms with Crippen molar-refractivity contribution in [1.29, 1.82) is 0 Å². The lowest BCUT2D eigenvalue weighted by atomic mass is 10.4. The Morgan fingerprint density at radius 3 is 2.89 bits per heavy atom. The molecule has 0 spiro atoms. The predicted octanol–water partition coefficient (Wildman–Crippen LogP) is 0.499. The lowest BCUT2D eigenvalue weighted by molar-refractivity contribution is -0.0126. The molecule has 1 N–H and O–H groups in total. The minimum atomic E-state index is 0.0822. The van der Waals surface area contributed by atoms with Crippen molar-refractivity contribution in [3.8, 4) is 0 Å². The van der Waals surface area contributed by atoms with E-state index in [0.29, 0.717) is 6.10 Å². The van der Waals surface area contributed by atoms with Gasteiger partial charge < -0.3 is 9.84 Å². The fourth-order valence-corrected chi connectivity index (χ4v) is 1.86. The Balaban J connectivity index is 2.23. The summed E-state index contributed by atoms with van der Waals surface area (Å²) in [5.41, 5.74) is 0. The highest BCUT2D eigenvalue weighted by molar-refractivity contribution is 7.99. The summed E-state index contributed by atoms with van der Waals surface area (Å²) in [5.74, 6) is 2.01. The van der Waals surface area contributed by atoms with Crippen LogP contribution in [0.3, 0.4) is 0 Å².